The molecular weight excluding hydrogens is 380 g/mol. The lowest BCUT2D eigenvalue weighted by atomic mass is 9.94. The highest BCUT2D eigenvalue weighted by Gasteiger charge is 2.54. The molecule has 0 radical (unpaired) electrons. The lowest BCUT2D eigenvalue weighted by Crippen LogP contribution is -2.58. The molecule has 0 bridgehead atoms. The Morgan fingerprint density at radius 2 is 2.00 bits per heavy atom. The summed E-state index contributed by atoms with van der Waals surface area (Å²) in [5, 5.41) is 30.1. The lowest BCUT2D eigenvalue weighted by molar-refractivity contribution is -0.688. The zero-order valence-corrected chi connectivity index (χ0v) is 15.6. The largest absolute Gasteiger partial charge is 0.543 e. The second-order valence-corrected chi connectivity index (χ2v) is 7.86. The Balaban J connectivity index is 1.58. The number of benzene rings is 1. The molecule has 1 aromatic carbocycles. The number of aromatic nitrogens is 1. The topological polar surface area (TPSA) is 105 Å². The molecule has 0 aliphatic carbocycles. The third kappa shape index (κ3) is 3.14. The fourth-order valence-corrected chi connectivity index (χ4v) is 5.10. The molecule has 7 nitrogen and oxygen atoms in total. The maximum absolute atomic E-state index is 12.3. The average molecular weight is 398 g/mol. The van der Waals surface area contributed by atoms with E-state index in [0.717, 1.165) is 5.56 Å². The summed E-state index contributed by atoms with van der Waals surface area (Å²) in [6, 6.07) is 10.8. The molecule has 1 saturated heterocycles. The fraction of sp³-hybridized carbons (Fsp3) is 0.250. The van der Waals surface area contributed by atoms with Gasteiger partial charge in [0.2, 0.25) is 12.1 Å². The van der Waals surface area contributed by atoms with Gasteiger partial charge in [-0.05, 0) is 18.1 Å². The van der Waals surface area contributed by atoms with Crippen molar-refractivity contribution in [1.82, 2.24) is 4.90 Å². The van der Waals surface area contributed by atoms with Crippen molar-refractivity contribution >= 4 is 28.5 Å². The number of nitrogens with zero attached hydrogens (tertiary/aromatic N) is 2. The van der Waals surface area contributed by atoms with E-state index >= 15 is 0 Å². The highest BCUT2D eigenvalue weighted by molar-refractivity contribution is 8.09. The van der Waals surface area contributed by atoms with Gasteiger partial charge in [-0.25, -0.2) is 0 Å². The van der Waals surface area contributed by atoms with Crippen LogP contribution < -0.4 is 9.67 Å². The van der Waals surface area contributed by atoms with Crippen molar-refractivity contribution in [2.24, 2.45) is 5.92 Å². The molecule has 1 aromatic heterocycles. The molecule has 2 aromatic rings. The first-order valence-corrected chi connectivity index (χ1v) is 9.71. The number of carboxylic acids is 1. The fourth-order valence-electron chi connectivity index (χ4n) is 3.56. The van der Waals surface area contributed by atoms with Gasteiger partial charge in [0, 0.05) is 23.1 Å². The minimum absolute atomic E-state index is 0.0932. The Morgan fingerprint density at radius 1 is 1.25 bits per heavy atom. The van der Waals surface area contributed by atoms with Gasteiger partial charge in [-0.3, -0.25) is 9.69 Å². The zero-order chi connectivity index (χ0) is 19.8. The summed E-state index contributed by atoms with van der Waals surface area (Å²) < 4.78 is 1.84. The van der Waals surface area contributed by atoms with E-state index in [4.69, 9.17) is 5.11 Å². The molecule has 2 aliphatic heterocycles. The SMILES string of the molecule is O=C([O-])C1=C(c2ccc(C[n+]3cccc(O)c3)cc2)S[C@@H]2[C@@H](CCO)C(=O)N12. The van der Waals surface area contributed by atoms with Crippen LogP contribution >= 0.6 is 11.8 Å². The summed E-state index contributed by atoms with van der Waals surface area (Å²) in [5.74, 6) is -1.85. The summed E-state index contributed by atoms with van der Waals surface area (Å²) in [4.78, 5) is 25.7. The van der Waals surface area contributed by atoms with Crippen molar-refractivity contribution in [2.45, 2.75) is 18.3 Å². The number of aliphatic hydroxyl groups is 1. The van der Waals surface area contributed by atoms with Crippen LogP contribution in [-0.2, 0) is 16.1 Å². The predicted molar refractivity (Wildman–Crippen MR) is 99.2 cm³/mol. The third-order valence-electron chi connectivity index (χ3n) is 4.91. The van der Waals surface area contributed by atoms with Crippen LogP contribution in [0.5, 0.6) is 5.75 Å². The molecule has 8 heteroatoms. The summed E-state index contributed by atoms with van der Waals surface area (Å²) in [7, 11) is 0. The van der Waals surface area contributed by atoms with E-state index in [-0.39, 0.29) is 35.3 Å². The maximum atomic E-state index is 12.3. The van der Waals surface area contributed by atoms with Gasteiger partial charge in [0.1, 0.15) is 0 Å². The molecule has 144 valence electrons. The Labute approximate surface area is 165 Å². The van der Waals surface area contributed by atoms with Crippen molar-refractivity contribution < 1.29 is 29.5 Å². The molecule has 1 amide bonds. The highest BCUT2D eigenvalue weighted by atomic mass is 32.2. The smallest absolute Gasteiger partial charge is 0.234 e. The van der Waals surface area contributed by atoms with E-state index in [0.29, 0.717) is 23.4 Å². The molecule has 2 N–H and O–H groups in total. The average Bonchev–Trinajstić information content (AvgIpc) is 3.03. The number of β-lactam (4-membered cyclic amide) rings is 1. The van der Waals surface area contributed by atoms with Crippen molar-refractivity contribution in [2.75, 3.05) is 6.61 Å². The molecule has 0 spiro atoms. The third-order valence-corrected chi connectivity index (χ3v) is 6.35. The summed E-state index contributed by atoms with van der Waals surface area (Å²) >= 11 is 1.33. The molecule has 1 fully saturated rings. The maximum Gasteiger partial charge on any atom is 0.234 e. The van der Waals surface area contributed by atoms with Gasteiger partial charge >= 0.3 is 0 Å². The van der Waals surface area contributed by atoms with E-state index in [1.54, 1.807) is 18.3 Å². The van der Waals surface area contributed by atoms with Crippen LogP contribution in [0.2, 0.25) is 0 Å². The number of carbonyl (C=O) groups excluding carboxylic acids is 2. The number of rotatable bonds is 6. The molecular formula is C20H18N2O5S. The van der Waals surface area contributed by atoms with Crippen LogP contribution in [-0.4, -0.2) is 39.0 Å². The van der Waals surface area contributed by atoms with Gasteiger partial charge in [-0.2, -0.15) is 4.57 Å². The van der Waals surface area contributed by atoms with E-state index in [2.05, 4.69) is 0 Å². The predicted octanol–water partition coefficient (Wildman–Crippen LogP) is 0.0602. The van der Waals surface area contributed by atoms with Gasteiger partial charge in [0.25, 0.3) is 0 Å². The molecule has 3 heterocycles. The summed E-state index contributed by atoms with van der Waals surface area (Å²) in [6.45, 7) is 0.443. The van der Waals surface area contributed by atoms with Crippen molar-refractivity contribution in [3.05, 3.63) is 65.6 Å². The molecule has 2 atom stereocenters. The van der Waals surface area contributed by atoms with E-state index < -0.39 is 5.97 Å². The Hall–Kier alpha value is -2.84. The van der Waals surface area contributed by atoms with Crippen LogP contribution in [0.25, 0.3) is 4.91 Å². The second-order valence-electron chi connectivity index (χ2n) is 6.73. The van der Waals surface area contributed by atoms with Crippen LogP contribution in [0.3, 0.4) is 0 Å². The number of aromatic hydroxyl groups is 1. The van der Waals surface area contributed by atoms with Crippen molar-refractivity contribution in [3.8, 4) is 5.75 Å². The lowest BCUT2D eigenvalue weighted by Gasteiger charge is -2.43. The number of thioether (sulfide) groups is 1. The Kier molecular flexibility index (Phi) is 4.82. The first kappa shape index (κ1) is 18.5. The van der Waals surface area contributed by atoms with Crippen LogP contribution in [0, 0.1) is 5.92 Å². The van der Waals surface area contributed by atoms with Crippen molar-refractivity contribution in [3.63, 3.8) is 0 Å². The standard InChI is InChI=1S/C20H18N2O5S/c23-9-7-15-18(25)22-16(20(26)27)17(28-19(15)22)13-5-3-12(4-6-13)10-21-8-1-2-14(24)11-21/h1-6,8,11,15,19,23H,7,9-10H2,(H-,24,26,27)/t15-,19+/m0/s1. The zero-order valence-electron chi connectivity index (χ0n) is 14.8. The monoisotopic (exact) mass is 398 g/mol. The quantitative estimate of drug-likeness (QED) is 0.527. The van der Waals surface area contributed by atoms with E-state index in [1.165, 1.54) is 16.7 Å². The molecule has 2 aliphatic rings. The Morgan fingerprint density at radius 3 is 2.64 bits per heavy atom. The van der Waals surface area contributed by atoms with Gasteiger partial charge in [-0.15, -0.1) is 0 Å². The van der Waals surface area contributed by atoms with E-state index in [1.807, 2.05) is 35.0 Å². The van der Waals surface area contributed by atoms with E-state index in [9.17, 15) is 19.8 Å². The first-order chi connectivity index (χ1) is 13.5. The number of aliphatic carboxylic acids is 1. The Bertz CT molecular complexity index is 973. The minimum Gasteiger partial charge on any atom is -0.543 e. The molecule has 28 heavy (non-hydrogen) atoms. The van der Waals surface area contributed by atoms with Crippen molar-refractivity contribution in [1.29, 1.82) is 0 Å². The number of hydrogen-bond donors (Lipinski definition) is 2. The number of carbonyl (C=O) groups is 2. The van der Waals surface area contributed by atoms with Gasteiger partial charge in [0.15, 0.2) is 18.5 Å². The van der Waals surface area contributed by atoms with Crippen LogP contribution in [0.4, 0.5) is 0 Å². The van der Waals surface area contributed by atoms with Crippen LogP contribution in [0.1, 0.15) is 17.5 Å². The summed E-state index contributed by atoms with van der Waals surface area (Å²) in [5.41, 5.74) is 1.60. The number of hydrogen-bond acceptors (Lipinski definition) is 6. The van der Waals surface area contributed by atoms with Gasteiger partial charge in [0.05, 0.1) is 23.0 Å². The highest BCUT2D eigenvalue weighted by Crippen LogP contribution is 2.53. The number of aliphatic hydroxyl groups excluding tert-OH is 1. The second kappa shape index (κ2) is 7.29. The first-order valence-electron chi connectivity index (χ1n) is 8.83. The van der Waals surface area contributed by atoms with Gasteiger partial charge in [-0.1, -0.05) is 36.0 Å². The number of pyridine rings is 1. The number of fused-ring (bicyclic) bond motifs is 1. The summed E-state index contributed by atoms with van der Waals surface area (Å²) in [6.07, 6.45) is 3.78. The molecule has 4 rings (SSSR count). The van der Waals surface area contributed by atoms with Gasteiger partial charge < -0.3 is 20.1 Å². The number of carboxylic acid groups (broad SMARTS) is 1. The van der Waals surface area contributed by atoms with Crippen LogP contribution in [0.15, 0.2) is 54.5 Å². The molecule has 0 saturated carbocycles. The normalized spacial score (nSPS) is 20.9. The minimum atomic E-state index is -1.37. The number of amides is 1. The molecule has 0 unspecified atom stereocenters.